The molecule has 5 rings (SSSR count). The Morgan fingerprint density at radius 3 is 2.62 bits per heavy atom. The predicted octanol–water partition coefficient (Wildman–Crippen LogP) is 6.51. The molecular formula is C18H10ClN3OS3. The van der Waals surface area contributed by atoms with Crippen LogP contribution in [0.2, 0.25) is 5.02 Å². The number of hydrogen-bond donors (Lipinski definition) is 0. The lowest BCUT2D eigenvalue weighted by Gasteiger charge is -1.92. The summed E-state index contributed by atoms with van der Waals surface area (Å²) in [6, 6.07) is 16.1. The van der Waals surface area contributed by atoms with Crippen molar-refractivity contribution in [2.45, 2.75) is 11.0 Å². The molecule has 0 fully saturated rings. The molecule has 0 spiro atoms. The number of para-hydroxylation sites is 1. The van der Waals surface area contributed by atoms with Gasteiger partial charge in [-0.1, -0.05) is 53.7 Å². The fourth-order valence-corrected chi connectivity index (χ4v) is 5.77. The van der Waals surface area contributed by atoms with E-state index in [2.05, 4.69) is 21.2 Å². The lowest BCUT2D eigenvalue weighted by molar-refractivity contribution is 0.467. The molecule has 128 valence electrons. The van der Waals surface area contributed by atoms with Gasteiger partial charge in [0, 0.05) is 10.1 Å². The third-order valence-electron chi connectivity index (χ3n) is 3.79. The average Bonchev–Trinajstić information content (AvgIpc) is 3.37. The highest BCUT2D eigenvalue weighted by Gasteiger charge is 2.18. The molecule has 0 aliphatic rings. The van der Waals surface area contributed by atoms with Gasteiger partial charge in [0.15, 0.2) is 0 Å². The van der Waals surface area contributed by atoms with Crippen LogP contribution in [0.25, 0.3) is 31.1 Å². The Kier molecular flexibility index (Phi) is 4.17. The number of nitrogens with zero attached hydrogens (tertiary/aromatic N) is 3. The number of thiazole rings is 1. The second-order valence-corrected chi connectivity index (χ2v) is 8.95. The minimum atomic E-state index is 0.461. The Hall–Kier alpha value is -1.93. The van der Waals surface area contributed by atoms with Crippen LogP contribution in [0.4, 0.5) is 0 Å². The molecule has 3 aromatic heterocycles. The van der Waals surface area contributed by atoms with Crippen molar-refractivity contribution in [3.63, 3.8) is 0 Å². The summed E-state index contributed by atoms with van der Waals surface area (Å²) < 4.78 is 8.11. The molecule has 4 nitrogen and oxygen atoms in total. The summed E-state index contributed by atoms with van der Waals surface area (Å²) in [5, 5.41) is 11.5. The first-order valence-electron chi connectivity index (χ1n) is 7.76. The van der Waals surface area contributed by atoms with E-state index >= 15 is 0 Å². The first kappa shape index (κ1) is 16.3. The van der Waals surface area contributed by atoms with Crippen LogP contribution in [0.15, 0.2) is 58.2 Å². The smallest absolute Gasteiger partial charge is 0.277 e. The van der Waals surface area contributed by atoms with Crippen molar-refractivity contribution in [2.75, 3.05) is 0 Å². The molecule has 8 heteroatoms. The molecule has 0 aliphatic carbocycles. The maximum absolute atomic E-state index is 6.49. The zero-order valence-corrected chi connectivity index (χ0v) is 16.4. The summed E-state index contributed by atoms with van der Waals surface area (Å²) >= 11 is 11.2. The van der Waals surface area contributed by atoms with Crippen LogP contribution < -0.4 is 0 Å². The van der Waals surface area contributed by atoms with Gasteiger partial charge in [-0.05, 0) is 18.2 Å². The molecule has 0 atom stereocenters. The summed E-state index contributed by atoms with van der Waals surface area (Å²) in [5.41, 5.74) is 1.02. The van der Waals surface area contributed by atoms with Crippen LogP contribution in [0.1, 0.15) is 5.01 Å². The van der Waals surface area contributed by atoms with E-state index in [0.29, 0.717) is 21.9 Å². The number of rotatable bonds is 4. The third kappa shape index (κ3) is 2.91. The minimum Gasteiger partial charge on any atom is -0.410 e. The second kappa shape index (κ2) is 6.66. The van der Waals surface area contributed by atoms with Crippen LogP contribution in [0.5, 0.6) is 0 Å². The summed E-state index contributed by atoms with van der Waals surface area (Å²) in [4.78, 5) is 5.44. The summed E-state index contributed by atoms with van der Waals surface area (Å²) in [6.07, 6.45) is 0. The third-order valence-corrected chi connectivity index (χ3v) is 7.51. The summed E-state index contributed by atoms with van der Waals surface area (Å²) in [7, 11) is 0. The number of fused-ring (bicyclic) bond motifs is 2. The number of aromatic nitrogens is 3. The summed E-state index contributed by atoms with van der Waals surface area (Å²) in [5.74, 6) is 1.16. The van der Waals surface area contributed by atoms with Gasteiger partial charge in [0.05, 0.1) is 21.0 Å². The van der Waals surface area contributed by atoms with E-state index in [9.17, 15) is 0 Å². The molecule has 0 bridgehead atoms. The quantitative estimate of drug-likeness (QED) is 0.313. The molecule has 3 heterocycles. The van der Waals surface area contributed by atoms with E-state index in [0.717, 1.165) is 25.5 Å². The van der Waals surface area contributed by atoms with Crippen LogP contribution in [-0.2, 0) is 5.75 Å². The van der Waals surface area contributed by atoms with E-state index in [1.165, 1.54) is 16.5 Å². The molecule has 0 N–H and O–H groups in total. The van der Waals surface area contributed by atoms with Crippen LogP contribution >= 0.6 is 46.0 Å². The zero-order chi connectivity index (χ0) is 17.5. The highest BCUT2D eigenvalue weighted by atomic mass is 35.5. The van der Waals surface area contributed by atoms with E-state index in [-0.39, 0.29) is 0 Å². The van der Waals surface area contributed by atoms with Gasteiger partial charge in [0.2, 0.25) is 0 Å². The van der Waals surface area contributed by atoms with Crippen molar-refractivity contribution in [3.8, 4) is 10.8 Å². The maximum Gasteiger partial charge on any atom is 0.277 e. The van der Waals surface area contributed by atoms with Crippen LogP contribution in [-0.4, -0.2) is 15.2 Å². The van der Waals surface area contributed by atoms with Crippen molar-refractivity contribution < 1.29 is 4.42 Å². The van der Waals surface area contributed by atoms with Crippen molar-refractivity contribution in [1.82, 2.24) is 15.2 Å². The molecule has 0 unspecified atom stereocenters. The number of halogens is 1. The monoisotopic (exact) mass is 415 g/mol. The average molecular weight is 416 g/mol. The van der Waals surface area contributed by atoms with E-state index in [1.54, 1.807) is 22.7 Å². The Labute approximate surface area is 165 Å². The fourth-order valence-electron chi connectivity index (χ4n) is 2.62. The number of thiophene rings is 1. The van der Waals surface area contributed by atoms with Gasteiger partial charge in [-0.2, -0.15) is 0 Å². The second-order valence-electron chi connectivity index (χ2n) is 5.48. The molecule has 0 aliphatic heterocycles. The molecule has 0 radical (unpaired) electrons. The number of hydrogen-bond acceptors (Lipinski definition) is 7. The minimum absolute atomic E-state index is 0.461. The molecule has 2 aromatic carbocycles. The van der Waals surface area contributed by atoms with E-state index in [1.807, 2.05) is 42.5 Å². The molecular weight excluding hydrogens is 406 g/mol. The SMILES string of the molecule is Clc1c(-c2nnc(SCc3nc4ccccc4s3)o2)sc2ccccc12. The van der Waals surface area contributed by atoms with Crippen molar-refractivity contribution in [2.24, 2.45) is 0 Å². The van der Waals surface area contributed by atoms with Crippen molar-refractivity contribution in [3.05, 3.63) is 58.6 Å². The lowest BCUT2D eigenvalue weighted by atomic mass is 10.2. The van der Waals surface area contributed by atoms with Crippen LogP contribution in [0.3, 0.4) is 0 Å². The standard InChI is InChI=1S/C18H10ClN3OS3/c19-15-10-5-1-3-7-12(10)26-16(15)17-21-22-18(23-17)24-9-14-20-11-6-2-4-8-13(11)25-14/h1-8H,9H2. The van der Waals surface area contributed by atoms with Crippen molar-refractivity contribution in [1.29, 1.82) is 0 Å². The normalized spacial score (nSPS) is 11.6. The highest BCUT2D eigenvalue weighted by molar-refractivity contribution is 7.98. The van der Waals surface area contributed by atoms with Gasteiger partial charge in [-0.25, -0.2) is 4.98 Å². The molecule has 0 saturated heterocycles. The van der Waals surface area contributed by atoms with Gasteiger partial charge in [-0.3, -0.25) is 0 Å². The Bertz CT molecular complexity index is 1190. The van der Waals surface area contributed by atoms with Crippen LogP contribution in [0, 0.1) is 0 Å². The topological polar surface area (TPSA) is 51.8 Å². The largest absolute Gasteiger partial charge is 0.410 e. The summed E-state index contributed by atoms with van der Waals surface area (Å²) in [6.45, 7) is 0. The maximum atomic E-state index is 6.49. The van der Waals surface area contributed by atoms with Gasteiger partial charge in [0.25, 0.3) is 11.1 Å². The lowest BCUT2D eigenvalue weighted by Crippen LogP contribution is -1.78. The first-order chi connectivity index (χ1) is 12.8. The molecule has 0 amide bonds. The van der Waals surface area contributed by atoms with E-state index < -0.39 is 0 Å². The molecule has 0 saturated carbocycles. The predicted molar refractivity (Wildman–Crippen MR) is 109 cm³/mol. The van der Waals surface area contributed by atoms with Gasteiger partial charge in [0.1, 0.15) is 9.88 Å². The fraction of sp³-hybridized carbons (Fsp3) is 0.0556. The Morgan fingerprint density at radius 1 is 0.962 bits per heavy atom. The Balaban J connectivity index is 1.38. The van der Waals surface area contributed by atoms with Gasteiger partial charge >= 0.3 is 0 Å². The Morgan fingerprint density at radius 2 is 1.77 bits per heavy atom. The highest BCUT2D eigenvalue weighted by Crippen LogP contribution is 2.42. The van der Waals surface area contributed by atoms with E-state index in [4.69, 9.17) is 16.0 Å². The molecule has 26 heavy (non-hydrogen) atoms. The zero-order valence-electron chi connectivity index (χ0n) is 13.2. The number of benzene rings is 2. The van der Waals surface area contributed by atoms with Gasteiger partial charge in [-0.15, -0.1) is 32.9 Å². The van der Waals surface area contributed by atoms with Gasteiger partial charge < -0.3 is 4.42 Å². The molecule has 5 aromatic rings. The van der Waals surface area contributed by atoms with Crippen molar-refractivity contribution >= 4 is 66.3 Å². The number of thioether (sulfide) groups is 1. The first-order valence-corrected chi connectivity index (χ1v) is 10.8.